The molecular formula is C2H4ClN. The van der Waals surface area contributed by atoms with Crippen molar-refractivity contribution in [3.05, 3.63) is 0 Å². The highest BCUT2D eigenvalue weighted by Crippen LogP contribution is 1.78. The smallest absolute Gasteiger partial charge is 0.114 e. The van der Waals surface area contributed by atoms with E-state index in [1.165, 1.54) is 6.92 Å². The quantitative estimate of drug-likeness (QED) is 0.299. The molecule has 0 rings (SSSR count). The Balaban J connectivity index is 2.32. The number of rotatable bonds is 0. The topological polar surface area (TPSA) is 22.3 Å². The van der Waals surface area contributed by atoms with E-state index < -0.39 is 5.50 Å². The molecule has 0 aromatic rings. The van der Waals surface area contributed by atoms with Gasteiger partial charge in [0.1, 0.15) is 5.50 Å². The zero-order valence-electron chi connectivity index (χ0n) is 2.40. The molecule has 0 aliphatic carbocycles. The molecule has 1 unspecified atom stereocenters. The third kappa shape index (κ3) is 56.3. The van der Waals surface area contributed by atoms with Gasteiger partial charge < -0.3 is 0 Å². The lowest BCUT2D eigenvalue weighted by Crippen LogP contribution is -1.84. The second-order valence-corrected chi connectivity index (χ2v) is 1.21. The monoisotopic (exact) mass is 77.0 g/mol. The molecule has 0 aromatic heterocycles. The molecule has 24 valence electrons. The Bertz CT molecular complexity index is 10.8. The molecule has 1 nitrogen and oxygen atoms in total. The first-order chi connectivity index (χ1) is 1.73. The van der Waals surface area contributed by atoms with Crippen molar-refractivity contribution >= 4 is 11.6 Å². The predicted molar refractivity (Wildman–Crippen MR) is 17.4 cm³/mol. The van der Waals surface area contributed by atoms with Crippen LogP contribution in [0.4, 0.5) is 0 Å². The summed E-state index contributed by atoms with van der Waals surface area (Å²) in [4.78, 5) is 0. The number of nitrogens with zero attached hydrogens (tertiary/aromatic N) is 1. The van der Waals surface area contributed by atoms with E-state index in [2.05, 4.69) is 0 Å². The minimum Gasteiger partial charge on any atom is -0.124 e. The molecule has 0 saturated heterocycles. The van der Waals surface area contributed by atoms with E-state index in [4.69, 9.17) is 17.3 Å². The lowest BCUT2D eigenvalue weighted by atomic mass is 10.8. The zero-order valence-corrected chi connectivity index (χ0v) is 3.16. The molecular weight excluding hydrogens is 73.5 g/mol. The Morgan fingerprint density at radius 1 is 2.00 bits per heavy atom. The molecule has 0 aliphatic heterocycles. The van der Waals surface area contributed by atoms with Crippen LogP contribution < -0.4 is 5.73 Å². The second-order valence-electron chi connectivity index (χ2n) is 0.574. The van der Waals surface area contributed by atoms with Crippen molar-refractivity contribution in [3.63, 3.8) is 0 Å². The minimum absolute atomic E-state index is 0.694. The SMILES string of the molecule is CC([N])Cl. The number of alkyl halides is 1. The van der Waals surface area contributed by atoms with Gasteiger partial charge in [-0.2, -0.15) is 0 Å². The Kier molecular flexibility index (Phi) is 1.66. The van der Waals surface area contributed by atoms with Crippen LogP contribution in [0.25, 0.3) is 0 Å². The van der Waals surface area contributed by atoms with Crippen LogP contribution in [-0.4, -0.2) is 5.50 Å². The van der Waals surface area contributed by atoms with E-state index in [1.54, 1.807) is 0 Å². The molecule has 0 aromatic carbocycles. The summed E-state index contributed by atoms with van der Waals surface area (Å²) in [6.07, 6.45) is 0. The molecule has 1 atom stereocenters. The third-order valence-electron chi connectivity index (χ3n) is 0. The Hall–Kier alpha value is 0.250. The van der Waals surface area contributed by atoms with Crippen LogP contribution in [0.3, 0.4) is 0 Å². The maximum atomic E-state index is 7.82. The van der Waals surface area contributed by atoms with E-state index in [0.717, 1.165) is 0 Å². The number of hydrogen-bond acceptors (Lipinski definition) is 0. The highest BCUT2D eigenvalue weighted by atomic mass is 35.5. The van der Waals surface area contributed by atoms with Crippen LogP contribution >= 0.6 is 11.6 Å². The van der Waals surface area contributed by atoms with Gasteiger partial charge in [-0.1, -0.05) is 0 Å². The van der Waals surface area contributed by atoms with Gasteiger partial charge in [0.25, 0.3) is 0 Å². The van der Waals surface area contributed by atoms with Gasteiger partial charge in [-0.05, 0) is 6.92 Å². The van der Waals surface area contributed by atoms with E-state index in [9.17, 15) is 0 Å². The molecule has 2 radical (unpaired) electrons. The maximum absolute atomic E-state index is 7.82. The lowest BCUT2D eigenvalue weighted by molar-refractivity contribution is 0.991. The highest BCUT2D eigenvalue weighted by molar-refractivity contribution is 6.19. The summed E-state index contributed by atoms with van der Waals surface area (Å²) in [7, 11) is 0. The molecule has 2 heteroatoms. The lowest BCUT2D eigenvalue weighted by Gasteiger charge is -1.72. The summed E-state index contributed by atoms with van der Waals surface area (Å²) in [5, 5.41) is 0. The van der Waals surface area contributed by atoms with E-state index in [-0.39, 0.29) is 0 Å². The van der Waals surface area contributed by atoms with Crippen molar-refractivity contribution in [1.29, 1.82) is 0 Å². The fraction of sp³-hybridized carbons (Fsp3) is 1.00. The Labute approximate surface area is 30.7 Å². The number of hydrogen-bond donors (Lipinski definition) is 0. The van der Waals surface area contributed by atoms with Gasteiger partial charge in [-0.25, -0.2) is 0 Å². The van der Waals surface area contributed by atoms with E-state index in [1.807, 2.05) is 0 Å². The average molecular weight is 77.5 g/mol. The van der Waals surface area contributed by atoms with Crippen molar-refractivity contribution in [3.8, 4) is 0 Å². The molecule has 0 spiro atoms. The predicted octanol–water partition coefficient (Wildman–Crippen LogP) is 0.640. The van der Waals surface area contributed by atoms with Crippen molar-refractivity contribution in [1.82, 2.24) is 5.73 Å². The van der Waals surface area contributed by atoms with Crippen LogP contribution in [0, 0.1) is 0 Å². The van der Waals surface area contributed by atoms with Crippen LogP contribution in [0.5, 0.6) is 0 Å². The molecule has 0 aliphatic rings. The zero-order chi connectivity index (χ0) is 3.58. The van der Waals surface area contributed by atoms with Crippen LogP contribution in [0.1, 0.15) is 6.92 Å². The first kappa shape index (κ1) is 4.25. The summed E-state index contributed by atoms with van der Waals surface area (Å²) >= 11 is 4.83. The Morgan fingerprint density at radius 2 is 2.00 bits per heavy atom. The van der Waals surface area contributed by atoms with E-state index >= 15 is 0 Å². The number of halogens is 1. The second kappa shape index (κ2) is 1.56. The normalized spacial score (nSPS) is 15.8. The third-order valence-corrected chi connectivity index (χ3v) is 0. The summed E-state index contributed by atoms with van der Waals surface area (Å²) in [5.74, 6) is 0. The van der Waals surface area contributed by atoms with Crippen molar-refractivity contribution in [2.45, 2.75) is 12.4 Å². The minimum atomic E-state index is -0.694. The standard InChI is InChI=1S/C2H4ClN/c1-2(3)4/h2H,1H3. The molecule has 0 amide bonds. The van der Waals surface area contributed by atoms with Crippen LogP contribution in [-0.2, 0) is 0 Å². The molecule has 0 bridgehead atoms. The van der Waals surface area contributed by atoms with Gasteiger partial charge in [-0.15, -0.1) is 17.3 Å². The van der Waals surface area contributed by atoms with Crippen molar-refractivity contribution < 1.29 is 0 Å². The molecule has 4 heavy (non-hydrogen) atoms. The van der Waals surface area contributed by atoms with Gasteiger partial charge in [-0.3, -0.25) is 0 Å². The summed E-state index contributed by atoms with van der Waals surface area (Å²) in [6, 6.07) is 0. The fourth-order valence-electron chi connectivity index (χ4n) is 0. The first-order valence-electron chi connectivity index (χ1n) is 1.05. The van der Waals surface area contributed by atoms with Gasteiger partial charge >= 0.3 is 0 Å². The van der Waals surface area contributed by atoms with Crippen LogP contribution in [0.15, 0.2) is 0 Å². The van der Waals surface area contributed by atoms with Crippen molar-refractivity contribution in [2.24, 2.45) is 0 Å². The largest absolute Gasteiger partial charge is 0.124 e. The Morgan fingerprint density at radius 3 is 2.00 bits per heavy atom. The average Bonchev–Trinajstić information content (AvgIpc) is 0.811. The molecule has 0 heterocycles. The summed E-state index contributed by atoms with van der Waals surface area (Å²) < 4.78 is 0. The van der Waals surface area contributed by atoms with Crippen molar-refractivity contribution in [2.75, 3.05) is 0 Å². The first-order valence-corrected chi connectivity index (χ1v) is 1.49. The van der Waals surface area contributed by atoms with Gasteiger partial charge in [0.15, 0.2) is 0 Å². The molecule has 0 saturated carbocycles. The fourth-order valence-corrected chi connectivity index (χ4v) is 0. The maximum Gasteiger partial charge on any atom is 0.114 e. The van der Waals surface area contributed by atoms with E-state index in [0.29, 0.717) is 0 Å². The van der Waals surface area contributed by atoms with Crippen LogP contribution in [0.2, 0.25) is 0 Å². The molecule has 0 N–H and O–H groups in total. The van der Waals surface area contributed by atoms with Gasteiger partial charge in [0, 0.05) is 0 Å². The molecule has 0 fully saturated rings. The highest BCUT2D eigenvalue weighted by Gasteiger charge is 1.75. The summed E-state index contributed by atoms with van der Waals surface area (Å²) in [6.45, 7) is 1.49. The van der Waals surface area contributed by atoms with Gasteiger partial charge in [0.05, 0.1) is 0 Å². The summed E-state index contributed by atoms with van der Waals surface area (Å²) in [5.41, 5.74) is 7.13. The van der Waals surface area contributed by atoms with Gasteiger partial charge in [0.2, 0.25) is 0 Å².